The van der Waals surface area contributed by atoms with Crippen LogP contribution in [0.25, 0.3) is 16.5 Å². The molecule has 0 radical (unpaired) electrons. The molecule has 1 atom stereocenters. The van der Waals surface area contributed by atoms with Crippen LogP contribution in [0.1, 0.15) is 30.0 Å². The van der Waals surface area contributed by atoms with E-state index in [0.29, 0.717) is 16.8 Å². The second kappa shape index (κ2) is 9.13. The molecule has 0 saturated carbocycles. The molecule has 2 N–H and O–H groups in total. The molecule has 4 aromatic carbocycles. The number of fused-ring (bicyclic) bond motifs is 1. The standard InChI is InChI=1S/C31H26N2O4/c34-24-16-10-21(11-17-24)28-27(29(35)26-9-5-7-20-6-1-2-8-25(20)26)30(36)31(37)33(28)23-14-12-22(13-15-23)32-18-3-4-19-32/h1-2,5-17,28,34-35H,3-4,18-19H2/b29-27-. The SMILES string of the molecule is O=C1C(=O)N(c2ccc(N3CCCC3)cc2)C(c2ccc(O)cc2)/C1=C(/O)c1cccc2ccccc12. The largest absolute Gasteiger partial charge is 0.508 e. The van der Waals surface area contributed by atoms with Crippen molar-refractivity contribution in [3.05, 3.63) is 108 Å². The quantitative estimate of drug-likeness (QED) is 0.216. The molecule has 6 heteroatoms. The highest BCUT2D eigenvalue weighted by molar-refractivity contribution is 6.51. The first kappa shape index (κ1) is 22.9. The number of hydrogen-bond acceptors (Lipinski definition) is 5. The van der Waals surface area contributed by atoms with Crippen LogP contribution in [-0.4, -0.2) is 35.0 Å². The predicted molar refractivity (Wildman–Crippen MR) is 145 cm³/mol. The molecule has 184 valence electrons. The Hall–Kier alpha value is -4.58. The molecule has 6 rings (SSSR count). The third kappa shape index (κ3) is 3.91. The average molecular weight is 491 g/mol. The summed E-state index contributed by atoms with van der Waals surface area (Å²) < 4.78 is 0. The minimum absolute atomic E-state index is 0.0238. The number of amides is 1. The van der Waals surface area contributed by atoms with Crippen LogP contribution in [-0.2, 0) is 9.59 Å². The average Bonchev–Trinajstić information content (AvgIpc) is 3.56. The van der Waals surface area contributed by atoms with Gasteiger partial charge in [0.1, 0.15) is 11.5 Å². The first-order chi connectivity index (χ1) is 18.0. The van der Waals surface area contributed by atoms with Crippen LogP contribution in [0.5, 0.6) is 5.75 Å². The van der Waals surface area contributed by atoms with E-state index in [-0.39, 0.29) is 17.1 Å². The fraction of sp³-hybridized carbons (Fsp3) is 0.161. The molecule has 2 aliphatic rings. The maximum absolute atomic E-state index is 13.5. The number of hydrogen-bond donors (Lipinski definition) is 2. The van der Waals surface area contributed by atoms with Crippen molar-refractivity contribution in [2.75, 3.05) is 22.9 Å². The number of rotatable bonds is 4. The zero-order chi connectivity index (χ0) is 25.5. The summed E-state index contributed by atoms with van der Waals surface area (Å²) in [5, 5.41) is 23.1. The van der Waals surface area contributed by atoms with Gasteiger partial charge in [0.05, 0.1) is 11.6 Å². The molecule has 0 bridgehead atoms. The lowest BCUT2D eigenvalue weighted by Gasteiger charge is -2.26. The first-order valence-electron chi connectivity index (χ1n) is 12.5. The van der Waals surface area contributed by atoms with Crippen molar-refractivity contribution in [2.24, 2.45) is 0 Å². The minimum atomic E-state index is -0.850. The van der Waals surface area contributed by atoms with E-state index in [1.807, 2.05) is 60.7 Å². The van der Waals surface area contributed by atoms with E-state index in [9.17, 15) is 19.8 Å². The Morgan fingerprint density at radius 2 is 1.41 bits per heavy atom. The number of aliphatic hydroxyl groups excluding tert-OH is 1. The Morgan fingerprint density at radius 3 is 2.14 bits per heavy atom. The summed E-state index contributed by atoms with van der Waals surface area (Å²) in [6, 6.07) is 26.3. The number of ketones is 1. The van der Waals surface area contributed by atoms with E-state index in [2.05, 4.69) is 4.90 Å². The van der Waals surface area contributed by atoms with Crippen molar-refractivity contribution in [3.8, 4) is 5.75 Å². The van der Waals surface area contributed by atoms with Crippen LogP contribution in [0.2, 0.25) is 0 Å². The number of carbonyl (C=O) groups is 2. The molecule has 2 fully saturated rings. The number of carbonyl (C=O) groups excluding carboxylic acids is 2. The van der Waals surface area contributed by atoms with Crippen molar-refractivity contribution < 1.29 is 19.8 Å². The molecule has 1 unspecified atom stereocenters. The highest BCUT2D eigenvalue weighted by Gasteiger charge is 2.47. The summed E-state index contributed by atoms with van der Waals surface area (Å²) >= 11 is 0. The molecule has 37 heavy (non-hydrogen) atoms. The molecule has 4 aromatic rings. The van der Waals surface area contributed by atoms with E-state index < -0.39 is 17.7 Å². The summed E-state index contributed by atoms with van der Waals surface area (Å²) in [7, 11) is 0. The Morgan fingerprint density at radius 1 is 0.757 bits per heavy atom. The maximum atomic E-state index is 13.5. The molecule has 2 aliphatic heterocycles. The van der Waals surface area contributed by atoms with Crippen LogP contribution < -0.4 is 9.80 Å². The Bertz CT molecular complexity index is 1530. The van der Waals surface area contributed by atoms with E-state index in [1.54, 1.807) is 18.2 Å². The fourth-order valence-corrected chi connectivity index (χ4v) is 5.45. The minimum Gasteiger partial charge on any atom is -0.508 e. The highest BCUT2D eigenvalue weighted by Crippen LogP contribution is 2.43. The van der Waals surface area contributed by atoms with Gasteiger partial charge in [-0.2, -0.15) is 0 Å². The monoisotopic (exact) mass is 490 g/mol. The number of anilines is 2. The summed E-state index contributed by atoms with van der Waals surface area (Å²) in [5.41, 5.74) is 2.78. The molecular formula is C31H26N2O4. The number of aromatic hydroxyl groups is 1. The van der Waals surface area contributed by atoms with Gasteiger partial charge in [-0.15, -0.1) is 0 Å². The molecule has 2 saturated heterocycles. The van der Waals surface area contributed by atoms with Crippen LogP contribution in [0.4, 0.5) is 11.4 Å². The normalized spacial score (nSPS) is 19.2. The van der Waals surface area contributed by atoms with Crippen molar-refractivity contribution in [1.29, 1.82) is 0 Å². The van der Waals surface area contributed by atoms with Crippen molar-refractivity contribution in [1.82, 2.24) is 0 Å². The Balaban J connectivity index is 1.51. The Labute approximate surface area is 214 Å². The second-order valence-electron chi connectivity index (χ2n) is 9.50. The van der Waals surface area contributed by atoms with Gasteiger partial charge >= 0.3 is 0 Å². The summed E-state index contributed by atoms with van der Waals surface area (Å²) in [6.45, 7) is 2.00. The number of phenols is 1. The molecule has 0 spiro atoms. The van der Waals surface area contributed by atoms with Crippen molar-refractivity contribution in [2.45, 2.75) is 18.9 Å². The zero-order valence-corrected chi connectivity index (χ0v) is 20.2. The lowest BCUT2D eigenvalue weighted by molar-refractivity contribution is -0.132. The van der Waals surface area contributed by atoms with Crippen LogP contribution >= 0.6 is 0 Å². The van der Waals surface area contributed by atoms with Gasteiger partial charge in [0.25, 0.3) is 11.7 Å². The van der Waals surface area contributed by atoms with Crippen LogP contribution in [0.15, 0.2) is 96.6 Å². The lowest BCUT2D eigenvalue weighted by Crippen LogP contribution is -2.29. The van der Waals surface area contributed by atoms with Gasteiger partial charge in [0.15, 0.2) is 0 Å². The van der Waals surface area contributed by atoms with Gasteiger partial charge in [-0.05, 0) is 65.6 Å². The topological polar surface area (TPSA) is 81.1 Å². The van der Waals surface area contributed by atoms with Crippen LogP contribution in [0, 0.1) is 0 Å². The number of aliphatic hydroxyl groups is 1. The van der Waals surface area contributed by atoms with Crippen LogP contribution in [0.3, 0.4) is 0 Å². The van der Waals surface area contributed by atoms with E-state index in [1.165, 1.54) is 17.0 Å². The molecule has 2 heterocycles. The third-order valence-corrected chi connectivity index (χ3v) is 7.30. The zero-order valence-electron chi connectivity index (χ0n) is 20.2. The summed E-state index contributed by atoms with van der Waals surface area (Å²) in [5.74, 6) is -1.59. The predicted octanol–water partition coefficient (Wildman–Crippen LogP) is 5.77. The van der Waals surface area contributed by atoms with E-state index >= 15 is 0 Å². The fourth-order valence-electron chi connectivity index (χ4n) is 5.45. The van der Waals surface area contributed by atoms with Crippen molar-refractivity contribution >= 4 is 39.6 Å². The molecule has 6 nitrogen and oxygen atoms in total. The van der Waals surface area contributed by atoms with Gasteiger partial charge in [0.2, 0.25) is 0 Å². The van der Waals surface area contributed by atoms with E-state index in [4.69, 9.17) is 0 Å². The number of benzene rings is 4. The third-order valence-electron chi connectivity index (χ3n) is 7.30. The lowest BCUT2D eigenvalue weighted by atomic mass is 9.93. The van der Waals surface area contributed by atoms with Gasteiger partial charge < -0.3 is 15.1 Å². The highest BCUT2D eigenvalue weighted by atomic mass is 16.3. The first-order valence-corrected chi connectivity index (χ1v) is 12.5. The number of phenolic OH excluding ortho intramolecular Hbond substituents is 1. The summed E-state index contributed by atoms with van der Waals surface area (Å²) in [4.78, 5) is 30.7. The molecule has 1 amide bonds. The number of Topliss-reactive ketones (excluding diaryl/α,β-unsaturated/α-hetero) is 1. The molecule has 0 aliphatic carbocycles. The van der Waals surface area contributed by atoms with Gasteiger partial charge in [-0.25, -0.2) is 0 Å². The van der Waals surface area contributed by atoms with Gasteiger partial charge in [-0.1, -0.05) is 54.6 Å². The second-order valence-corrected chi connectivity index (χ2v) is 9.50. The van der Waals surface area contributed by atoms with E-state index in [0.717, 1.165) is 42.4 Å². The van der Waals surface area contributed by atoms with Gasteiger partial charge in [0, 0.05) is 30.0 Å². The summed E-state index contributed by atoms with van der Waals surface area (Å²) in [6.07, 6.45) is 2.32. The molecule has 0 aromatic heterocycles. The van der Waals surface area contributed by atoms with Gasteiger partial charge in [-0.3, -0.25) is 14.5 Å². The Kier molecular flexibility index (Phi) is 5.64. The van der Waals surface area contributed by atoms with Crippen molar-refractivity contribution in [3.63, 3.8) is 0 Å². The smallest absolute Gasteiger partial charge is 0.300 e. The molecular weight excluding hydrogens is 464 g/mol. The maximum Gasteiger partial charge on any atom is 0.300 e. The number of nitrogens with zero attached hydrogens (tertiary/aromatic N) is 2.